The molecule has 0 spiro atoms. The van der Waals surface area contributed by atoms with Crippen LogP contribution in [0.15, 0.2) is 4.99 Å². The molecule has 3 aliphatic rings. The number of imide groups is 1. The van der Waals surface area contributed by atoms with Crippen molar-refractivity contribution in [2.24, 2.45) is 22.7 Å². The molecule has 7 heteroatoms. The first kappa shape index (κ1) is 20.9. The maximum absolute atomic E-state index is 12.2. The minimum absolute atomic E-state index is 0.155. The van der Waals surface area contributed by atoms with E-state index in [2.05, 4.69) is 34.7 Å². The summed E-state index contributed by atoms with van der Waals surface area (Å²) in [6.07, 6.45) is 8.36. The third kappa shape index (κ3) is 4.61. The summed E-state index contributed by atoms with van der Waals surface area (Å²) in [5.74, 6) is 2.60. The van der Waals surface area contributed by atoms with Crippen LogP contribution in [0.5, 0.6) is 0 Å². The molecular weight excluding hydrogens is 354 g/mol. The van der Waals surface area contributed by atoms with E-state index < -0.39 is 5.54 Å². The van der Waals surface area contributed by atoms with Gasteiger partial charge in [-0.25, -0.2) is 4.79 Å². The highest BCUT2D eigenvalue weighted by Gasteiger charge is 2.48. The van der Waals surface area contributed by atoms with Crippen molar-refractivity contribution in [2.45, 2.75) is 71.3 Å². The van der Waals surface area contributed by atoms with Gasteiger partial charge < -0.3 is 15.5 Å². The number of amides is 3. The Morgan fingerprint density at radius 2 is 1.75 bits per heavy atom. The molecule has 3 fully saturated rings. The molecule has 2 heterocycles. The number of hydrogen-bond donors (Lipinski definition) is 3. The number of piperidine rings is 1. The molecule has 2 aliphatic heterocycles. The van der Waals surface area contributed by atoms with Crippen molar-refractivity contribution in [3.63, 3.8) is 0 Å². The van der Waals surface area contributed by atoms with Crippen LogP contribution in [0.3, 0.4) is 0 Å². The number of likely N-dealkylation sites (tertiary alicyclic amines) is 1. The number of guanidine groups is 1. The third-order valence-electron chi connectivity index (χ3n) is 7.06. The number of carbonyl (C=O) groups is 2. The molecule has 2 saturated heterocycles. The largest absolute Gasteiger partial charge is 0.357 e. The van der Waals surface area contributed by atoms with Gasteiger partial charge in [0.15, 0.2) is 5.96 Å². The summed E-state index contributed by atoms with van der Waals surface area (Å²) in [6, 6.07) is -0.373. The smallest absolute Gasteiger partial charge is 0.322 e. The van der Waals surface area contributed by atoms with E-state index in [1.807, 2.05) is 6.92 Å². The lowest BCUT2D eigenvalue weighted by atomic mass is 9.79. The van der Waals surface area contributed by atoms with Gasteiger partial charge in [0.1, 0.15) is 5.54 Å². The van der Waals surface area contributed by atoms with E-state index in [0.717, 1.165) is 50.9 Å². The monoisotopic (exact) mass is 391 g/mol. The summed E-state index contributed by atoms with van der Waals surface area (Å²) in [5, 5.41) is 8.66. The van der Waals surface area contributed by atoms with Gasteiger partial charge in [0.2, 0.25) is 0 Å². The fraction of sp³-hybridized carbons (Fsp3) is 0.857. The standard InChI is InChI=1S/C21H37N5O2/c1-4-15-6-8-16(9-7-15)14-23-19(22-5-2)26-12-10-17(11-13-26)21(3)18(27)24-20(28)25-21/h15-17H,4-14H2,1-3H3,(H,22,23)(H2,24,25,27,28). The summed E-state index contributed by atoms with van der Waals surface area (Å²) in [7, 11) is 0. The van der Waals surface area contributed by atoms with Gasteiger partial charge in [-0.05, 0) is 57.3 Å². The molecule has 3 rings (SSSR count). The second kappa shape index (κ2) is 9.14. The highest BCUT2D eigenvalue weighted by Crippen LogP contribution is 2.32. The summed E-state index contributed by atoms with van der Waals surface area (Å²) < 4.78 is 0. The Labute approximate surface area is 169 Å². The van der Waals surface area contributed by atoms with Crippen molar-refractivity contribution in [3.05, 3.63) is 0 Å². The van der Waals surface area contributed by atoms with Gasteiger partial charge in [-0.3, -0.25) is 15.1 Å². The highest BCUT2D eigenvalue weighted by molar-refractivity contribution is 6.07. The number of aliphatic imine (C=N–C) groups is 1. The third-order valence-corrected chi connectivity index (χ3v) is 7.06. The van der Waals surface area contributed by atoms with Gasteiger partial charge in [-0.1, -0.05) is 26.2 Å². The maximum atomic E-state index is 12.2. The summed E-state index contributed by atoms with van der Waals surface area (Å²) in [5.41, 5.74) is -0.781. The normalized spacial score (nSPS) is 32.2. The lowest BCUT2D eigenvalue weighted by molar-refractivity contribution is -0.125. The van der Waals surface area contributed by atoms with Gasteiger partial charge in [-0.2, -0.15) is 0 Å². The Morgan fingerprint density at radius 3 is 2.29 bits per heavy atom. The van der Waals surface area contributed by atoms with Crippen LogP contribution in [0.1, 0.15) is 65.7 Å². The Hall–Kier alpha value is -1.79. The minimum atomic E-state index is -0.781. The molecule has 0 aromatic carbocycles. The van der Waals surface area contributed by atoms with E-state index in [9.17, 15) is 9.59 Å². The predicted octanol–water partition coefficient (Wildman–Crippen LogP) is 2.48. The lowest BCUT2D eigenvalue weighted by Gasteiger charge is -2.40. The molecule has 0 aromatic rings. The summed E-state index contributed by atoms with van der Waals surface area (Å²) >= 11 is 0. The van der Waals surface area contributed by atoms with Crippen LogP contribution < -0.4 is 16.0 Å². The SMILES string of the molecule is CCNC(=NCC1CCC(CC)CC1)N1CCC(C2(C)NC(=O)NC2=O)CC1. The van der Waals surface area contributed by atoms with Crippen LogP contribution >= 0.6 is 0 Å². The molecule has 1 unspecified atom stereocenters. The Morgan fingerprint density at radius 1 is 1.11 bits per heavy atom. The van der Waals surface area contributed by atoms with E-state index >= 15 is 0 Å². The van der Waals surface area contributed by atoms with E-state index in [1.165, 1.54) is 32.1 Å². The molecule has 3 N–H and O–H groups in total. The first-order valence-corrected chi connectivity index (χ1v) is 11.1. The van der Waals surface area contributed by atoms with Crippen LogP contribution in [0.4, 0.5) is 4.79 Å². The van der Waals surface area contributed by atoms with Crippen molar-refractivity contribution in [3.8, 4) is 0 Å². The van der Waals surface area contributed by atoms with Crippen LogP contribution in [0, 0.1) is 17.8 Å². The molecule has 158 valence electrons. The second-order valence-corrected chi connectivity index (χ2v) is 8.86. The molecule has 1 aliphatic carbocycles. The van der Waals surface area contributed by atoms with Gasteiger partial charge in [0.25, 0.3) is 5.91 Å². The number of rotatable bonds is 5. The zero-order valence-corrected chi connectivity index (χ0v) is 17.7. The van der Waals surface area contributed by atoms with Crippen molar-refractivity contribution in [2.75, 3.05) is 26.2 Å². The van der Waals surface area contributed by atoms with Crippen molar-refractivity contribution < 1.29 is 9.59 Å². The fourth-order valence-corrected chi connectivity index (χ4v) is 4.98. The van der Waals surface area contributed by atoms with Gasteiger partial charge in [0, 0.05) is 26.2 Å². The summed E-state index contributed by atoms with van der Waals surface area (Å²) in [4.78, 5) is 31.0. The van der Waals surface area contributed by atoms with Gasteiger partial charge in [0.05, 0.1) is 0 Å². The molecule has 1 atom stereocenters. The Balaban J connectivity index is 1.54. The van der Waals surface area contributed by atoms with Gasteiger partial charge >= 0.3 is 6.03 Å². The number of nitrogens with one attached hydrogen (secondary N) is 3. The maximum Gasteiger partial charge on any atom is 0.322 e. The highest BCUT2D eigenvalue weighted by atomic mass is 16.2. The zero-order chi connectivity index (χ0) is 20.1. The molecule has 0 aromatic heterocycles. The first-order valence-electron chi connectivity index (χ1n) is 11.1. The molecule has 1 saturated carbocycles. The Bertz CT molecular complexity index is 592. The van der Waals surface area contributed by atoms with E-state index in [0.29, 0.717) is 5.92 Å². The topological polar surface area (TPSA) is 85.8 Å². The van der Waals surface area contributed by atoms with E-state index in [4.69, 9.17) is 4.99 Å². The lowest BCUT2D eigenvalue weighted by Crippen LogP contribution is -2.55. The zero-order valence-electron chi connectivity index (χ0n) is 17.7. The number of nitrogens with zero attached hydrogens (tertiary/aromatic N) is 2. The average molecular weight is 392 g/mol. The number of carbonyl (C=O) groups excluding carboxylic acids is 2. The van der Waals surface area contributed by atoms with Crippen LogP contribution in [0.25, 0.3) is 0 Å². The van der Waals surface area contributed by atoms with Crippen LogP contribution in [-0.2, 0) is 4.79 Å². The average Bonchev–Trinajstić information content (AvgIpc) is 2.98. The van der Waals surface area contributed by atoms with Crippen LogP contribution in [0.2, 0.25) is 0 Å². The van der Waals surface area contributed by atoms with Crippen LogP contribution in [-0.4, -0.2) is 54.5 Å². The second-order valence-electron chi connectivity index (χ2n) is 8.86. The number of hydrogen-bond acceptors (Lipinski definition) is 3. The Kier molecular flexibility index (Phi) is 6.83. The molecule has 7 nitrogen and oxygen atoms in total. The molecule has 0 radical (unpaired) electrons. The van der Waals surface area contributed by atoms with E-state index in [1.54, 1.807) is 0 Å². The quantitative estimate of drug-likeness (QED) is 0.382. The number of urea groups is 1. The molecular formula is C21H37N5O2. The molecule has 0 bridgehead atoms. The summed E-state index contributed by atoms with van der Waals surface area (Å²) in [6.45, 7) is 9.74. The minimum Gasteiger partial charge on any atom is -0.357 e. The molecule has 3 amide bonds. The fourth-order valence-electron chi connectivity index (χ4n) is 4.98. The predicted molar refractivity (Wildman–Crippen MR) is 111 cm³/mol. The van der Waals surface area contributed by atoms with Gasteiger partial charge in [-0.15, -0.1) is 0 Å². The first-order chi connectivity index (χ1) is 13.5. The van der Waals surface area contributed by atoms with Crippen molar-refractivity contribution in [1.82, 2.24) is 20.9 Å². The van der Waals surface area contributed by atoms with E-state index in [-0.39, 0.29) is 17.9 Å². The van der Waals surface area contributed by atoms with Crippen molar-refractivity contribution in [1.29, 1.82) is 0 Å². The molecule has 28 heavy (non-hydrogen) atoms. The van der Waals surface area contributed by atoms with Crippen molar-refractivity contribution >= 4 is 17.9 Å².